The van der Waals surface area contributed by atoms with Crippen molar-refractivity contribution in [1.29, 1.82) is 0 Å². The number of hydrogen-bond donors (Lipinski definition) is 3. The number of sulfonamides is 1. The smallest absolute Gasteiger partial charge is 0.251 e. The first-order chi connectivity index (χ1) is 6.06. The number of aromatic nitrogens is 1. The van der Waals surface area contributed by atoms with Gasteiger partial charge in [0.05, 0.1) is 12.8 Å². The molecule has 0 aliphatic carbocycles. The number of aliphatic hydroxyl groups excluding tert-OH is 1. The largest absolute Gasteiger partial charge is 0.395 e. The van der Waals surface area contributed by atoms with Crippen LogP contribution in [-0.4, -0.2) is 31.7 Å². The second-order valence-corrected chi connectivity index (χ2v) is 5.19. The summed E-state index contributed by atoms with van der Waals surface area (Å²) < 4.78 is 24.8. The quantitative estimate of drug-likeness (QED) is 0.607. The van der Waals surface area contributed by atoms with Gasteiger partial charge in [-0.05, 0) is 0 Å². The average molecular weight is 223 g/mol. The van der Waals surface area contributed by atoms with Gasteiger partial charge in [0.15, 0.2) is 9.34 Å². The zero-order valence-electron chi connectivity index (χ0n) is 6.60. The van der Waals surface area contributed by atoms with E-state index in [1.807, 2.05) is 0 Å². The van der Waals surface area contributed by atoms with E-state index in [2.05, 4.69) is 9.71 Å². The van der Waals surface area contributed by atoms with Crippen molar-refractivity contribution < 1.29 is 13.5 Å². The van der Waals surface area contributed by atoms with E-state index < -0.39 is 10.0 Å². The summed E-state index contributed by atoms with van der Waals surface area (Å²) in [7, 11) is -3.54. The van der Waals surface area contributed by atoms with E-state index in [1.165, 1.54) is 6.20 Å². The molecule has 0 atom stereocenters. The lowest BCUT2D eigenvalue weighted by molar-refractivity contribution is 0.301. The summed E-state index contributed by atoms with van der Waals surface area (Å²) in [5, 5.41) is 8.62. The van der Waals surface area contributed by atoms with Crippen LogP contribution in [0.5, 0.6) is 0 Å². The molecule has 1 aromatic heterocycles. The molecule has 1 heterocycles. The van der Waals surface area contributed by atoms with Crippen LogP contribution in [0.2, 0.25) is 0 Å². The highest BCUT2D eigenvalue weighted by Gasteiger charge is 2.15. The van der Waals surface area contributed by atoms with Crippen LogP contribution >= 0.6 is 11.3 Å². The van der Waals surface area contributed by atoms with Crippen LogP contribution in [0.25, 0.3) is 0 Å². The summed E-state index contributed by atoms with van der Waals surface area (Å²) in [5.74, 6) is 0. The van der Waals surface area contributed by atoms with Crippen molar-refractivity contribution in [3.05, 3.63) is 6.20 Å². The summed E-state index contributed by atoms with van der Waals surface area (Å²) in [6.07, 6.45) is 1.18. The Hall–Kier alpha value is -0.700. The number of aliphatic hydroxyl groups is 1. The van der Waals surface area contributed by atoms with Crippen molar-refractivity contribution in [2.45, 2.75) is 4.21 Å². The van der Waals surface area contributed by atoms with Gasteiger partial charge in [-0.2, -0.15) is 0 Å². The molecule has 0 aliphatic heterocycles. The maximum Gasteiger partial charge on any atom is 0.251 e. The molecular weight excluding hydrogens is 214 g/mol. The normalized spacial score (nSPS) is 11.8. The van der Waals surface area contributed by atoms with E-state index in [1.54, 1.807) is 0 Å². The van der Waals surface area contributed by atoms with Gasteiger partial charge in [0.25, 0.3) is 10.0 Å². The van der Waals surface area contributed by atoms with Gasteiger partial charge < -0.3 is 10.8 Å². The van der Waals surface area contributed by atoms with Crippen LogP contribution in [0, 0.1) is 0 Å². The van der Waals surface area contributed by atoms with Gasteiger partial charge in [-0.3, -0.25) is 0 Å². The Balaban J connectivity index is 2.82. The first kappa shape index (κ1) is 10.4. The van der Waals surface area contributed by atoms with E-state index in [9.17, 15) is 8.42 Å². The van der Waals surface area contributed by atoms with Crippen LogP contribution < -0.4 is 10.5 Å². The summed E-state index contributed by atoms with van der Waals surface area (Å²) >= 11 is 0.880. The van der Waals surface area contributed by atoms with Gasteiger partial charge >= 0.3 is 0 Å². The number of thiazole rings is 1. The highest BCUT2D eigenvalue weighted by Crippen LogP contribution is 2.19. The predicted molar refractivity (Wildman–Crippen MR) is 48.8 cm³/mol. The fourth-order valence-electron chi connectivity index (χ4n) is 0.647. The number of nitrogens with one attached hydrogen (secondary N) is 1. The van der Waals surface area contributed by atoms with Gasteiger partial charge in [-0.1, -0.05) is 11.3 Å². The molecule has 0 spiro atoms. The van der Waals surface area contributed by atoms with E-state index in [0.717, 1.165) is 11.3 Å². The third-order valence-electron chi connectivity index (χ3n) is 1.17. The van der Waals surface area contributed by atoms with Gasteiger partial charge in [0, 0.05) is 6.54 Å². The Kier molecular flexibility index (Phi) is 3.20. The monoisotopic (exact) mass is 223 g/mol. The second kappa shape index (κ2) is 4.01. The molecule has 0 fully saturated rings. The van der Waals surface area contributed by atoms with Crippen LogP contribution in [-0.2, 0) is 10.0 Å². The number of anilines is 1. The molecule has 6 nitrogen and oxygen atoms in total. The molecule has 0 amide bonds. The van der Waals surface area contributed by atoms with Gasteiger partial charge in [0.1, 0.15) is 0 Å². The highest BCUT2D eigenvalue weighted by atomic mass is 32.2. The molecule has 0 saturated heterocycles. The molecule has 1 aromatic rings. The van der Waals surface area contributed by atoms with Crippen LogP contribution in [0.4, 0.5) is 5.13 Å². The molecule has 0 aliphatic rings. The highest BCUT2D eigenvalue weighted by molar-refractivity contribution is 7.91. The zero-order chi connectivity index (χ0) is 9.90. The molecule has 0 radical (unpaired) electrons. The van der Waals surface area contributed by atoms with Crippen molar-refractivity contribution in [3.8, 4) is 0 Å². The molecule has 1 rings (SSSR count). The first-order valence-electron chi connectivity index (χ1n) is 3.38. The number of nitrogen functional groups attached to an aromatic ring is 1. The lowest BCUT2D eigenvalue weighted by atomic mass is 10.8. The van der Waals surface area contributed by atoms with Crippen molar-refractivity contribution in [2.75, 3.05) is 18.9 Å². The van der Waals surface area contributed by atoms with E-state index in [4.69, 9.17) is 10.8 Å². The molecular formula is C5H9N3O3S2. The van der Waals surface area contributed by atoms with Crippen molar-refractivity contribution in [1.82, 2.24) is 9.71 Å². The summed E-state index contributed by atoms with van der Waals surface area (Å²) in [6, 6.07) is 0. The van der Waals surface area contributed by atoms with Crippen LogP contribution in [0.3, 0.4) is 0 Å². The molecule has 0 unspecified atom stereocenters. The fraction of sp³-hybridized carbons (Fsp3) is 0.400. The number of nitrogens with zero attached hydrogens (tertiary/aromatic N) is 1. The number of rotatable bonds is 4. The minimum absolute atomic E-state index is 0.0138. The first-order valence-corrected chi connectivity index (χ1v) is 5.68. The third kappa shape index (κ3) is 2.62. The Morgan fingerprint density at radius 3 is 2.85 bits per heavy atom. The minimum Gasteiger partial charge on any atom is -0.395 e. The van der Waals surface area contributed by atoms with E-state index in [-0.39, 0.29) is 22.5 Å². The van der Waals surface area contributed by atoms with Gasteiger partial charge in [-0.15, -0.1) is 0 Å². The Morgan fingerprint density at radius 1 is 1.69 bits per heavy atom. The molecule has 0 aromatic carbocycles. The topological polar surface area (TPSA) is 105 Å². The summed E-state index contributed by atoms with van der Waals surface area (Å²) in [6.45, 7) is -0.256. The molecule has 8 heteroatoms. The van der Waals surface area contributed by atoms with Gasteiger partial charge in [-0.25, -0.2) is 18.1 Å². The van der Waals surface area contributed by atoms with Gasteiger partial charge in [0.2, 0.25) is 0 Å². The number of hydrogen-bond acceptors (Lipinski definition) is 6. The second-order valence-electron chi connectivity index (χ2n) is 2.14. The summed E-state index contributed by atoms with van der Waals surface area (Å²) in [5.41, 5.74) is 5.27. The Bertz CT molecular complexity index is 372. The van der Waals surface area contributed by atoms with Crippen LogP contribution in [0.1, 0.15) is 0 Å². The molecule has 13 heavy (non-hydrogen) atoms. The summed E-state index contributed by atoms with van der Waals surface area (Å²) in [4.78, 5) is 3.61. The average Bonchev–Trinajstić information content (AvgIpc) is 2.49. The molecule has 74 valence electrons. The lowest BCUT2D eigenvalue weighted by Crippen LogP contribution is -2.25. The molecule has 0 bridgehead atoms. The third-order valence-corrected chi connectivity index (χ3v) is 3.92. The standard InChI is InChI=1S/C5H9N3O3S2/c6-5-7-3-4(12-5)13(10,11)8-1-2-9/h3,8-9H,1-2H2,(H2,6,7). The number of nitrogens with two attached hydrogens (primary N) is 1. The minimum atomic E-state index is -3.54. The maximum atomic E-state index is 11.3. The SMILES string of the molecule is Nc1ncc(S(=O)(=O)NCCO)s1. The predicted octanol–water partition coefficient (Wildman–Crippen LogP) is -1.00. The zero-order valence-corrected chi connectivity index (χ0v) is 8.23. The van der Waals surface area contributed by atoms with Crippen molar-refractivity contribution in [3.63, 3.8) is 0 Å². The lowest BCUT2D eigenvalue weighted by Gasteiger charge is -2.00. The molecule has 0 saturated carbocycles. The fourth-order valence-corrected chi connectivity index (χ4v) is 2.63. The molecule has 4 N–H and O–H groups in total. The van der Waals surface area contributed by atoms with Crippen molar-refractivity contribution >= 4 is 26.5 Å². The maximum absolute atomic E-state index is 11.3. The van der Waals surface area contributed by atoms with Crippen LogP contribution in [0.15, 0.2) is 10.4 Å². The van der Waals surface area contributed by atoms with Crippen molar-refractivity contribution in [2.24, 2.45) is 0 Å². The van der Waals surface area contributed by atoms with E-state index in [0.29, 0.717) is 0 Å². The Morgan fingerprint density at radius 2 is 2.38 bits per heavy atom. The van der Waals surface area contributed by atoms with E-state index >= 15 is 0 Å². The Labute approximate surface area is 79.5 Å².